The van der Waals surface area contributed by atoms with Gasteiger partial charge in [0.2, 0.25) is 0 Å². The zero-order valence-electron chi connectivity index (χ0n) is 8.04. The van der Waals surface area contributed by atoms with Crippen LogP contribution in [-0.2, 0) is 0 Å². The van der Waals surface area contributed by atoms with Crippen LogP contribution in [-0.4, -0.2) is 13.1 Å². The van der Waals surface area contributed by atoms with E-state index in [1.54, 1.807) is 0 Å². The van der Waals surface area contributed by atoms with Gasteiger partial charge in [-0.3, -0.25) is 0 Å². The van der Waals surface area contributed by atoms with Crippen LogP contribution in [0.4, 0.5) is 0 Å². The molecule has 2 aliphatic rings. The number of rotatable bonds is 1. The minimum Gasteiger partial charge on any atom is -0.316 e. The maximum absolute atomic E-state index is 3.49. The van der Waals surface area contributed by atoms with Crippen molar-refractivity contribution < 1.29 is 0 Å². The van der Waals surface area contributed by atoms with Gasteiger partial charge in [0, 0.05) is 4.47 Å². The molecule has 0 radical (unpaired) electrons. The third-order valence-electron chi connectivity index (χ3n) is 3.76. The second-order valence-corrected chi connectivity index (χ2v) is 5.39. The lowest BCUT2D eigenvalue weighted by Gasteiger charge is -2.40. The smallest absolute Gasteiger partial charge is 0.0175 e. The molecule has 0 spiro atoms. The zero-order chi connectivity index (χ0) is 9.54. The van der Waals surface area contributed by atoms with Crippen molar-refractivity contribution in [3.8, 4) is 0 Å². The fourth-order valence-electron chi connectivity index (χ4n) is 2.88. The molecule has 1 heterocycles. The van der Waals surface area contributed by atoms with Crippen molar-refractivity contribution in [2.45, 2.75) is 12.3 Å². The molecule has 1 aromatic rings. The van der Waals surface area contributed by atoms with Gasteiger partial charge in [0.05, 0.1) is 0 Å². The summed E-state index contributed by atoms with van der Waals surface area (Å²) in [5, 5.41) is 3.49. The Balaban J connectivity index is 1.80. The molecule has 0 unspecified atom stereocenters. The number of hydrogen-bond donors (Lipinski definition) is 1. The highest BCUT2D eigenvalue weighted by atomic mass is 79.9. The summed E-state index contributed by atoms with van der Waals surface area (Å²) in [5.74, 6) is 2.70. The van der Waals surface area contributed by atoms with Gasteiger partial charge in [0.15, 0.2) is 0 Å². The highest BCUT2D eigenvalue weighted by molar-refractivity contribution is 9.10. The van der Waals surface area contributed by atoms with Crippen molar-refractivity contribution in [1.82, 2.24) is 5.32 Å². The summed E-state index contributed by atoms with van der Waals surface area (Å²) in [6.45, 7) is 2.48. The molecule has 1 aromatic carbocycles. The second-order valence-electron chi connectivity index (χ2n) is 4.48. The number of nitrogens with one attached hydrogen (secondary N) is 1. The Kier molecular flexibility index (Phi) is 2.14. The van der Waals surface area contributed by atoms with Gasteiger partial charge in [0.25, 0.3) is 0 Å². The fourth-order valence-corrected chi connectivity index (χ4v) is 3.15. The Labute approximate surface area is 93.0 Å². The van der Waals surface area contributed by atoms with E-state index in [0.717, 1.165) is 17.8 Å². The monoisotopic (exact) mass is 251 g/mol. The van der Waals surface area contributed by atoms with E-state index in [9.17, 15) is 0 Å². The van der Waals surface area contributed by atoms with E-state index in [-0.39, 0.29) is 0 Å². The Bertz CT molecular complexity index is 333. The van der Waals surface area contributed by atoms with E-state index < -0.39 is 0 Å². The molecule has 0 bridgehead atoms. The minimum absolute atomic E-state index is 0.822. The molecule has 1 N–H and O–H groups in total. The quantitative estimate of drug-likeness (QED) is 0.810. The fraction of sp³-hybridized carbons (Fsp3) is 0.500. The SMILES string of the molecule is Brc1ccc([C@@H]2C[C@H]3CNC[C@H]32)cc1. The number of fused-ring (bicyclic) bond motifs is 1. The van der Waals surface area contributed by atoms with E-state index in [1.165, 1.54) is 29.5 Å². The van der Waals surface area contributed by atoms with Crippen molar-refractivity contribution in [3.63, 3.8) is 0 Å². The topological polar surface area (TPSA) is 12.0 Å². The van der Waals surface area contributed by atoms with Gasteiger partial charge in [-0.25, -0.2) is 0 Å². The third kappa shape index (κ3) is 1.32. The van der Waals surface area contributed by atoms with Gasteiger partial charge in [-0.2, -0.15) is 0 Å². The van der Waals surface area contributed by atoms with Gasteiger partial charge in [-0.1, -0.05) is 28.1 Å². The molecule has 1 nitrogen and oxygen atoms in total. The van der Waals surface area contributed by atoms with E-state index in [1.807, 2.05) is 0 Å². The maximum atomic E-state index is 3.49. The van der Waals surface area contributed by atoms with E-state index in [2.05, 4.69) is 45.5 Å². The first-order valence-electron chi connectivity index (χ1n) is 5.31. The van der Waals surface area contributed by atoms with Crippen molar-refractivity contribution in [1.29, 1.82) is 0 Å². The number of halogens is 1. The predicted molar refractivity (Wildman–Crippen MR) is 61.3 cm³/mol. The van der Waals surface area contributed by atoms with Crippen LogP contribution >= 0.6 is 15.9 Å². The predicted octanol–water partition coefficient (Wildman–Crippen LogP) is 2.77. The zero-order valence-corrected chi connectivity index (χ0v) is 9.63. The van der Waals surface area contributed by atoms with Crippen molar-refractivity contribution in [3.05, 3.63) is 34.3 Å². The van der Waals surface area contributed by atoms with E-state index >= 15 is 0 Å². The van der Waals surface area contributed by atoms with E-state index in [0.29, 0.717) is 0 Å². The van der Waals surface area contributed by atoms with Crippen LogP contribution in [0.2, 0.25) is 0 Å². The first-order chi connectivity index (χ1) is 6.84. The standard InChI is InChI=1S/C12H14BrN/c13-10-3-1-8(2-4-10)11-5-9-6-14-7-12(9)11/h1-4,9,11-12,14H,5-7H2/t9-,11-,12+/m0/s1. The summed E-state index contributed by atoms with van der Waals surface area (Å²) in [6.07, 6.45) is 1.39. The van der Waals surface area contributed by atoms with Gasteiger partial charge < -0.3 is 5.32 Å². The van der Waals surface area contributed by atoms with Crippen molar-refractivity contribution in [2.24, 2.45) is 11.8 Å². The van der Waals surface area contributed by atoms with Crippen molar-refractivity contribution in [2.75, 3.05) is 13.1 Å². The van der Waals surface area contributed by atoms with Crippen LogP contribution in [0.25, 0.3) is 0 Å². The van der Waals surface area contributed by atoms with Crippen LogP contribution in [0, 0.1) is 11.8 Å². The number of hydrogen-bond acceptors (Lipinski definition) is 1. The van der Waals surface area contributed by atoms with Crippen molar-refractivity contribution >= 4 is 15.9 Å². The van der Waals surface area contributed by atoms with Crippen LogP contribution < -0.4 is 5.32 Å². The summed E-state index contributed by atoms with van der Waals surface area (Å²) in [5.41, 5.74) is 1.53. The molecule has 3 rings (SSSR count). The van der Waals surface area contributed by atoms with Crippen LogP contribution in [0.5, 0.6) is 0 Å². The molecule has 3 atom stereocenters. The van der Waals surface area contributed by atoms with E-state index in [4.69, 9.17) is 0 Å². The highest BCUT2D eigenvalue weighted by Gasteiger charge is 2.44. The molecule has 14 heavy (non-hydrogen) atoms. The molecule has 2 heteroatoms. The molecule has 1 aliphatic carbocycles. The average molecular weight is 252 g/mol. The molecular weight excluding hydrogens is 238 g/mol. The molecule has 1 saturated carbocycles. The molecule has 0 amide bonds. The normalized spacial score (nSPS) is 35.1. The number of benzene rings is 1. The van der Waals surface area contributed by atoms with Gasteiger partial charge in [0.1, 0.15) is 0 Å². The summed E-state index contributed by atoms with van der Waals surface area (Å²) in [6, 6.07) is 8.85. The summed E-state index contributed by atoms with van der Waals surface area (Å²) in [7, 11) is 0. The molecule has 0 aromatic heterocycles. The maximum Gasteiger partial charge on any atom is 0.0175 e. The first-order valence-corrected chi connectivity index (χ1v) is 6.10. The lowest BCUT2D eigenvalue weighted by Crippen LogP contribution is -2.33. The molecule has 1 saturated heterocycles. The largest absolute Gasteiger partial charge is 0.316 e. The van der Waals surface area contributed by atoms with Gasteiger partial charge in [-0.15, -0.1) is 0 Å². The summed E-state index contributed by atoms with van der Waals surface area (Å²) in [4.78, 5) is 0. The second kappa shape index (κ2) is 3.35. The Morgan fingerprint density at radius 3 is 2.64 bits per heavy atom. The van der Waals surface area contributed by atoms with Crippen LogP contribution in [0.1, 0.15) is 17.9 Å². The van der Waals surface area contributed by atoms with Crippen LogP contribution in [0.15, 0.2) is 28.7 Å². The average Bonchev–Trinajstić information content (AvgIpc) is 2.52. The first kappa shape index (κ1) is 8.93. The third-order valence-corrected chi connectivity index (χ3v) is 4.29. The molecule has 2 fully saturated rings. The van der Waals surface area contributed by atoms with Crippen LogP contribution in [0.3, 0.4) is 0 Å². The Hall–Kier alpha value is -0.340. The minimum atomic E-state index is 0.822. The molecular formula is C12H14BrN. The summed E-state index contributed by atoms with van der Waals surface area (Å²) >= 11 is 3.48. The van der Waals surface area contributed by atoms with Gasteiger partial charge in [-0.05, 0) is 55.0 Å². The van der Waals surface area contributed by atoms with Gasteiger partial charge >= 0.3 is 0 Å². The Morgan fingerprint density at radius 2 is 1.93 bits per heavy atom. The Morgan fingerprint density at radius 1 is 1.14 bits per heavy atom. The molecule has 1 aliphatic heterocycles. The summed E-state index contributed by atoms with van der Waals surface area (Å²) < 4.78 is 1.18. The highest BCUT2D eigenvalue weighted by Crippen LogP contribution is 2.48. The lowest BCUT2D eigenvalue weighted by molar-refractivity contribution is 0.191. The lowest BCUT2D eigenvalue weighted by atomic mass is 9.64. The molecule has 74 valence electrons.